The Morgan fingerprint density at radius 1 is 0.750 bits per heavy atom. The molecule has 82 valence electrons. The lowest BCUT2D eigenvalue weighted by molar-refractivity contribution is 0.306. The Morgan fingerprint density at radius 3 is 1.81 bits per heavy atom. The molecule has 0 bridgehead atoms. The molecule has 1 heteroatoms. The van der Waals surface area contributed by atoms with Gasteiger partial charge in [-0.15, -0.1) is 13.2 Å². The number of benzene rings is 2. The molecule has 0 amide bonds. The zero-order valence-electron chi connectivity index (χ0n) is 9.30. The maximum Gasteiger partial charge on any atom is 0.119 e. The van der Waals surface area contributed by atoms with Crippen LogP contribution in [0, 0.1) is 0 Å². The van der Waals surface area contributed by atoms with Crippen molar-refractivity contribution in [2.24, 2.45) is 0 Å². The highest BCUT2D eigenvalue weighted by Gasteiger charge is 1.92. The van der Waals surface area contributed by atoms with Crippen molar-refractivity contribution >= 4 is 0 Å². The first kappa shape index (κ1) is 12.1. The number of para-hydroxylation sites is 1. The van der Waals surface area contributed by atoms with Crippen molar-refractivity contribution in [1.82, 2.24) is 0 Å². The minimum atomic E-state index is 0.630. The van der Waals surface area contributed by atoms with Crippen LogP contribution in [-0.2, 0) is 6.61 Å². The summed E-state index contributed by atoms with van der Waals surface area (Å²) < 4.78 is 5.59. The summed E-state index contributed by atoms with van der Waals surface area (Å²) in [5.41, 5.74) is 1.19. The van der Waals surface area contributed by atoms with E-state index < -0.39 is 0 Å². The van der Waals surface area contributed by atoms with Gasteiger partial charge in [0.2, 0.25) is 0 Å². The first-order valence-corrected chi connectivity index (χ1v) is 5.17. The zero-order chi connectivity index (χ0) is 11.6. The fraction of sp³-hybridized carbons (Fsp3) is 0.0667. The predicted molar refractivity (Wildman–Crippen MR) is 68.5 cm³/mol. The quantitative estimate of drug-likeness (QED) is 0.697. The molecule has 0 saturated carbocycles. The van der Waals surface area contributed by atoms with Crippen molar-refractivity contribution in [3.8, 4) is 5.75 Å². The second kappa shape index (κ2) is 7.30. The first-order valence-electron chi connectivity index (χ1n) is 5.17. The fourth-order valence-corrected chi connectivity index (χ4v) is 1.26. The summed E-state index contributed by atoms with van der Waals surface area (Å²) in [6.07, 6.45) is 0. The molecule has 0 aromatic heterocycles. The SMILES string of the molecule is C=C.c1ccc(COc2ccccc2)cc1. The summed E-state index contributed by atoms with van der Waals surface area (Å²) in [4.78, 5) is 0. The van der Waals surface area contributed by atoms with Crippen molar-refractivity contribution in [1.29, 1.82) is 0 Å². The molecule has 0 saturated heterocycles. The highest BCUT2D eigenvalue weighted by atomic mass is 16.5. The van der Waals surface area contributed by atoms with Crippen molar-refractivity contribution < 1.29 is 4.74 Å². The number of hydrogen-bond donors (Lipinski definition) is 0. The van der Waals surface area contributed by atoms with Crippen molar-refractivity contribution in [2.45, 2.75) is 6.61 Å². The van der Waals surface area contributed by atoms with E-state index in [0.29, 0.717) is 6.61 Å². The molecule has 0 heterocycles. The smallest absolute Gasteiger partial charge is 0.119 e. The van der Waals surface area contributed by atoms with E-state index in [4.69, 9.17) is 4.74 Å². The Bertz CT molecular complexity index is 341. The molecule has 0 fully saturated rings. The summed E-state index contributed by atoms with van der Waals surface area (Å²) in [5.74, 6) is 0.913. The molecule has 0 radical (unpaired) electrons. The number of rotatable bonds is 3. The molecule has 2 aromatic carbocycles. The first-order chi connectivity index (χ1) is 7.95. The maximum absolute atomic E-state index is 5.59. The summed E-state index contributed by atoms with van der Waals surface area (Å²) >= 11 is 0. The number of ether oxygens (including phenoxy) is 1. The van der Waals surface area contributed by atoms with Gasteiger partial charge in [0.05, 0.1) is 0 Å². The second-order valence-corrected chi connectivity index (χ2v) is 3.09. The van der Waals surface area contributed by atoms with Gasteiger partial charge in [-0.3, -0.25) is 0 Å². The Labute approximate surface area is 97.0 Å². The summed E-state index contributed by atoms with van der Waals surface area (Å²) in [6.45, 7) is 6.63. The largest absolute Gasteiger partial charge is 0.489 e. The van der Waals surface area contributed by atoms with Gasteiger partial charge in [0, 0.05) is 0 Å². The molecular weight excluding hydrogens is 196 g/mol. The van der Waals surface area contributed by atoms with E-state index in [1.807, 2.05) is 48.5 Å². The molecule has 0 aliphatic heterocycles. The minimum Gasteiger partial charge on any atom is -0.489 e. The average Bonchev–Trinajstić information content (AvgIpc) is 2.41. The summed E-state index contributed by atoms with van der Waals surface area (Å²) in [7, 11) is 0. The van der Waals surface area contributed by atoms with Crippen LogP contribution < -0.4 is 4.74 Å². The lowest BCUT2D eigenvalue weighted by Gasteiger charge is -2.05. The standard InChI is InChI=1S/C13H12O.C2H4/c1-3-7-12(8-4-1)11-14-13-9-5-2-6-10-13;1-2/h1-10H,11H2;1-2H2. The monoisotopic (exact) mass is 212 g/mol. The summed E-state index contributed by atoms with van der Waals surface area (Å²) in [6, 6.07) is 20.0. The third-order valence-electron chi connectivity index (χ3n) is 1.99. The lowest BCUT2D eigenvalue weighted by atomic mass is 10.2. The lowest BCUT2D eigenvalue weighted by Crippen LogP contribution is -1.94. The van der Waals surface area contributed by atoms with Gasteiger partial charge in [0.25, 0.3) is 0 Å². The topological polar surface area (TPSA) is 9.23 Å². The van der Waals surface area contributed by atoms with Crippen LogP contribution in [0.1, 0.15) is 5.56 Å². The van der Waals surface area contributed by atoms with E-state index in [1.54, 1.807) is 0 Å². The van der Waals surface area contributed by atoms with Gasteiger partial charge in [-0.1, -0.05) is 48.5 Å². The molecule has 0 aliphatic carbocycles. The van der Waals surface area contributed by atoms with E-state index >= 15 is 0 Å². The van der Waals surface area contributed by atoms with E-state index in [-0.39, 0.29) is 0 Å². The van der Waals surface area contributed by atoms with Crippen LogP contribution in [0.3, 0.4) is 0 Å². The van der Waals surface area contributed by atoms with E-state index in [9.17, 15) is 0 Å². The van der Waals surface area contributed by atoms with Gasteiger partial charge in [0.1, 0.15) is 12.4 Å². The Morgan fingerprint density at radius 2 is 1.25 bits per heavy atom. The molecular formula is C15H16O. The highest BCUT2D eigenvalue weighted by molar-refractivity contribution is 5.22. The van der Waals surface area contributed by atoms with Crippen LogP contribution in [0.2, 0.25) is 0 Å². The molecule has 2 aromatic rings. The normalized spacial score (nSPS) is 8.75. The van der Waals surface area contributed by atoms with Crippen LogP contribution in [0.4, 0.5) is 0 Å². The minimum absolute atomic E-state index is 0.630. The Balaban J connectivity index is 0.000000606. The number of hydrogen-bond acceptors (Lipinski definition) is 1. The van der Waals surface area contributed by atoms with Gasteiger partial charge in [-0.05, 0) is 17.7 Å². The molecule has 1 nitrogen and oxygen atoms in total. The molecule has 0 N–H and O–H groups in total. The Hall–Kier alpha value is -2.02. The molecule has 0 spiro atoms. The van der Waals surface area contributed by atoms with Crippen molar-refractivity contribution in [3.05, 3.63) is 79.4 Å². The van der Waals surface area contributed by atoms with Crippen LogP contribution >= 0.6 is 0 Å². The molecule has 16 heavy (non-hydrogen) atoms. The third kappa shape index (κ3) is 4.01. The van der Waals surface area contributed by atoms with Crippen LogP contribution in [0.25, 0.3) is 0 Å². The van der Waals surface area contributed by atoms with E-state index in [2.05, 4.69) is 25.3 Å². The van der Waals surface area contributed by atoms with Crippen molar-refractivity contribution in [3.63, 3.8) is 0 Å². The molecule has 0 unspecified atom stereocenters. The molecule has 0 aliphatic rings. The highest BCUT2D eigenvalue weighted by Crippen LogP contribution is 2.10. The Kier molecular flexibility index (Phi) is 5.49. The molecule has 2 rings (SSSR count). The maximum atomic E-state index is 5.59. The van der Waals surface area contributed by atoms with Gasteiger partial charge in [0.15, 0.2) is 0 Å². The fourth-order valence-electron chi connectivity index (χ4n) is 1.26. The van der Waals surface area contributed by atoms with Gasteiger partial charge < -0.3 is 4.74 Å². The van der Waals surface area contributed by atoms with E-state index in [1.165, 1.54) is 5.56 Å². The van der Waals surface area contributed by atoms with Crippen LogP contribution in [0.5, 0.6) is 5.75 Å². The van der Waals surface area contributed by atoms with Gasteiger partial charge >= 0.3 is 0 Å². The zero-order valence-corrected chi connectivity index (χ0v) is 9.30. The predicted octanol–water partition coefficient (Wildman–Crippen LogP) is 4.07. The third-order valence-corrected chi connectivity index (χ3v) is 1.99. The summed E-state index contributed by atoms with van der Waals surface area (Å²) in [5, 5.41) is 0. The van der Waals surface area contributed by atoms with Crippen LogP contribution in [-0.4, -0.2) is 0 Å². The molecule has 0 atom stereocenters. The van der Waals surface area contributed by atoms with Gasteiger partial charge in [-0.2, -0.15) is 0 Å². The average molecular weight is 212 g/mol. The second-order valence-electron chi connectivity index (χ2n) is 3.09. The van der Waals surface area contributed by atoms with E-state index in [0.717, 1.165) is 5.75 Å². The van der Waals surface area contributed by atoms with Crippen molar-refractivity contribution in [2.75, 3.05) is 0 Å². The van der Waals surface area contributed by atoms with Crippen LogP contribution in [0.15, 0.2) is 73.8 Å². The van der Waals surface area contributed by atoms with Gasteiger partial charge in [-0.25, -0.2) is 0 Å².